The van der Waals surface area contributed by atoms with Gasteiger partial charge in [-0.25, -0.2) is 12.7 Å². The van der Waals surface area contributed by atoms with Crippen LogP contribution in [0.5, 0.6) is 0 Å². The number of aromatic nitrogens is 2. The van der Waals surface area contributed by atoms with E-state index in [2.05, 4.69) is 5.10 Å². The van der Waals surface area contributed by atoms with Gasteiger partial charge in [0, 0.05) is 32.2 Å². The van der Waals surface area contributed by atoms with Crippen LogP contribution in [0.25, 0.3) is 0 Å². The smallest absolute Gasteiger partial charge is 0.271 e. The molecule has 23 heavy (non-hydrogen) atoms. The lowest BCUT2D eigenvalue weighted by atomic mass is 10.2. The Morgan fingerprint density at radius 2 is 2.00 bits per heavy atom. The fourth-order valence-corrected chi connectivity index (χ4v) is 4.85. The molecular weight excluding hydrogens is 362 g/mol. The maximum absolute atomic E-state index is 12.8. The van der Waals surface area contributed by atoms with Crippen molar-refractivity contribution in [1.29, 1.82) is 0 Å². The van der Waals surface area contributed by atoms with Crippen molar-refractivity contribution in [2.24, 2.45) is 13.0 Å². The quantitative estimate of drug-likeness (QED) is 0.746. The molecule has 0 aromatic carbocycles. The number of sulfonamides is 1. The van der Waals surface area contributed by atoms with E-state index in [0.717, 1.165) is 16.1 Å². The third kappa shape index (κ3) is 4.27. The van der Waals surface area contributed by atoms with Crippen molar-refractivity contribution in [3.8, 4) is 0 Å². The Kier molecular flexibility index (Phi) is 6.67. The molecule has 0 aliphatic heterocycles. The van der Waals surface area contributed by atoms with E-state index in [4.69, 9.17) is 11.6 Å². The van der Waals surface area contributed by atoms with E-state index in [9.17, 15) is 18.0 Å². The minimum Gasteiger partial charge on any atom is -0.288 e. The van der Waals surface area contributed by atoms with Gasteiger partial charge in [0.2, 0.25) is 5.91 Å². The van der Waals surface area contributed by atoms with Gasteiger partial charge in [0.25, 0.3) is 10.0 Å². The minimum absolute atomic E-state index is 0.0269. The van der Waals surface area contributed by atoms with Gasteiger partial charge >= 0.3 is 0 Å². The first-order valence-electron chi connectivity index (χ1n) is 6.93. The van der Waals surface area contributed by atoms with Crippen molar-refractivity contribution in [3.63, 3.8) is 0 Å². The number of hydrogen-bond acceptors (Lipinski definition) is 6. The van der Waals surface area contributed by atoms with E-state index >= 15 is 0 Å². The molecule has 1 aromatic rings. The number of carbonyl (C=O) groups is 2. The summed E-state index contributed by atoms with van der Waals surface area (Å²) < 4.78 is 27.6. The molecule has 1 rings (SSSR count). The number of amides is 1. The average Bonchev–Trinajstić information content (AvgIpc) is 2.69. The number of rotatable bonds is 6. The summed E-state index contributed by atoms with van der Waals surface area (Å²) in [6.45, 7) is 6.05. The number of carbonyl (C=O) groups excluding carboxylic acids is 2. The third-order valence-corrected chi connectivity index (χ3v) is 6.78. The minimum atomic E-state index is -4.10. The van der Waals surface area contributed by atoms with E-state index in [0.29, 0.717) is 0 Å². The van der Waals surface area contributed by atoms with E-state index in [1.54, 1.807) is 13.8 Å². The van der Waals surface area contributed by atoms with Crippen LogP contribution in [0.15, 0.2) is 4.90 Å². The molecular formula is C13H20ClN3O4S2. The third-order valence-electron chi connectivity index (χ3n) is 3.14. The zero-order valence-electron chi connectivity index (χ0n) is 13.7. The van der Waals surface area contributed by atoms with Gasteiger partial charge in [0.1, 0.15) is 10.0 Å². The second kappa shape index (κ2) is 7.67. The van der Waals surface area contributed by atoms with Crippen LogP contribution in [0, 0.1) is 12.8 Å². The van der Waals surface area contributed by atoms with Gasteiger partial charge in [-0.2, -0.15) is 5.10 Å². The molecule has 0 N–H and O–H groups in total. The molecule has 0 aliphatic carbocycles. The first-order chi connectivity index (χ1) is 10.5. The summed E-state index contributed by atoms with van der Waals surface area (Å²) in [5.74, 6) is -0.963. The van der Waals surface area contributed by atoms with Gasteiger partial charge in [0.15, 0.2) is 5.12 Å². The summed E-state index contributed by atoms with van der Waals surface area (Å²) in [7, 11) is -2.57. The molecule has 1 amide bonds. The predicted octanol–water partition coefficient (Wildman–Crippen LogP) is 1.83. The second-order valence-corrected chi connectivity index (χ2v) is 8.39. The molecule has 7 nitrogen and oxygen atoms in total. The fraction of sp³-hybridized carbons (Fsp3) is 0.615. The van der Waals surface area contributed by atoms with Crippen LogP contribution < -0.4 is 0 Å². The normalized spacial score (nSPS) is 13.0. The standard InChI is InChI=1S/C13H20ClN3O4S2/c1-6-17(13(19)8(2)7-22-10(4)18)23(20,21)11-9(3)15-16(5)12(11)14/h8H,6-7H2,1-5H3. The molecule has 130 valence electrons. The molecule has 0 saturated heterocycles. The first-order valence-corrected chi connectivity index (χ1v) is 9.73. The monoisotopic (exact) mass is 381 g/mol. The van der Waals surface area contributed by atoms with Crippen LogP contribution in [0.2, 0.25) is 5.15 Å². The molecule has 1 atom stereocenters. The Balaban J connectivity index is 3.17. The summed E-state index contributed by atoms with van der Waals surface area (Å²) in [4.78, 5) is 23.3. The Bertz CT molecular complexity index is 715. The van der Waals surface area contributed by atoms with Gasteiger partial charge in [-0.15, -0.1) is 0 Å². The summed E-state index contributed by atoms with van der Waals surface area (Å²) in [5, 5.41) is 3.81. The lowest BCUT2D eigenvalue weighted by Gasteiger charge is -2.23. The molecule has 0 aliphatic rings. The number of nitrogens with zero attached hydrogens (tertiary/aromatic N) is 3. The van der Waals surface area contributed by atoms with Gasteiger partial charge in [-0.3, -0.25) is 14.3 Å². The van der Waals surface area contributed by atoms with Crippen molar-refractivity contribution in [2.75, 3.05) is 12.3 Å². The van der Waals surface area contributed by atoms with Crippen molar-refractivity contribution in [2.45, 2.75) is 32.6 Å². The van der Waals surface area contributed by atoms with Crippen molar-refractivity contribution in [3.05, 3.63) is 10.8 Å². The Hall–Kier alpha value is -1.06. The topological polar surface area (TPSA) is 89.3 Å². The molecule has 0 bridgehead atoms. The average molecular weight is 382 g/mol. The van der Waals surface area contributed by atoms with Crippen LogP contribution in [0.4, 0.5) is 0 Å². The maximum Gasteiger partial charge on any atom is 0.271 e. The molecule has 1 heterocycles. The summed E-state index contributed by atoms with van der Waals surface area (Å²) in [6, 6.07) is 0. The van der Waals surface area contributed by atoms with Crippen LogP contribution in [0.3, 0.4) is 0 Å². The Labute approximate surface area is 145 Å². The molecule has 0 saturated carbocycles. The van der Waals surface area contributed by atoms with Crippen LogP contribution in [-0.4, -0.2) is 45.8 Å². The van der Waals surface area contributed by atoms with Crippen molar-refractivity contribution < 1.29 is 18.0 Å². The summed E-state index contributed by atoms with van der Waals surface area (Å²) >= 11 is 7.01. The highest BCUT2D eigenvalue weighted by atomic mass is 35.5. The predicted molar refractivity (Wildman–Crippen MR) is 89.8 cm³/mol. The molecule has 0 spiro atoms. The highest BCUT2D eigenvalue weighted by Gasteiger charge is 2.35. The largest absolute Gasteiger partial charge is 0.288 e. The van der Waals surface area contributed by atoms with Crippen molar-refractivity contribution >= 4 is 44.4 Å². The lowest BCUT2D eigenvalue weighted by Crippen LogP contribution is -2.40. The van der Waals surface area contributed by atoms with E-state index in [1.165, 1.54) is 25.6 Å². The molecule has 0 radical (unpaired) electrons. The van der Waals surface area contributed by atoms with E-state index in [-0.39, 0.29) is 33.2 Å². The van der Waals surface area contributed by atoms with Gasteiger partial charge in [0.05, 0.1) is 5.69 Å². The second-order valence-electron chi connectivity index (χ2n) is 5.04. The maximum atomic E-state index is 12.8. The molecule has 1 aromatic heterocycles. The fourth-order valence-electron chi connectivity index (χ4n) is 2.02. The van der Waals surface area contributed by atoms with Gasteiger partial charge in [-0.05, 0) is 13.8 Å². The first kappa shape index (κ1) is 20.0. The van der Waals surface area contributed by atoms with Crippen LogP contribution in [-0.2, 0) is 26.7 Å². The number of thioether (sulfide) groups is 1. The number of aryl methyl sites for hydroxylation is 2. The zero-order valence-corrected chi connectivity index (χ0v) is 16.0. The Morgan fingerprint density at radius 1 is 1.43 bits per heavy atom. The number of halogens is 1. The highest BCUT2D eigenvalue weighted by molar-refractivity contribution is 8.13. The highest BCUT2D eigenvalue weighted by Crippen LogP contribution is 2.28. The summed E-state index contributed by atoms with van der Waals surface area (Å²) in [6.07, 6.45) is 0. The molecule has 1 unspecified atom stereocenters. The van der Waals surface area contributed by atoms with Crippen molar-refractivity contribution in [1.82, 2.24) is 14.1 Å². The summed E-state index contributed by atoms with van der Waals surface area (Å²) in [5.41, 5.74) is 0.231. The SMILES string of the molecule is CCN(C(=O)C(C)CSC(C)=O)S(=O)(=O)c1c(C)nn(C)c1Cl. The molecule has 0 fully saturated rings. The van der Waals surface area contributed by atoms with Gasteiger partial charge < -0.3 is 0 Å². The van der Waals surface area contributed by atoms with E-state index < -0.39 is 21.8 Å². The van der Waals surface area contributed by atoms with Crippen LogP contribution >= 0.6 is 23.4 Å². The van der Waals surface area contributed by atoms with Gasteiger partial charge in [-0.1, -0.05) is 30.3 Å². The molecule has 10 heteroatoms. The zero-order chi connectivity index (χ0) is 17.9. The van der Waals surface area contributed by atoms with Crippen LogP contribution in [0.1, 0.15) is 26.5 Å². The lowest BCUT2D eigenvalue weighted by molar-refractivity contribution is -0.129. The Morgan fingerprint density at radius 3 is 2.39 bits per heavy atom. The van der Waals surface area contributed by atoms with E-state index in [1.807, 2.05) is 0 Å². The number of hydrogen-bond donors (Lipinski definition) is 0.